The Labute approximate surface area is 104 Å². The van der Waals surface area contributed by atoms with E-state index < -0.39 is 49.2 Å². The Bertz CT molecular complexity index is 365. The monoisotopic (exact) mass is 259 g/mol. The third-order valence-electron chi connectivity index (χ3n) is 2.55. The SMILES string of the molecule is CC1(C)NC(=O)N(CC(=O)NC(CO)CO)C1=O. The molecule has 0 radical (unpaired) electrons. The van der Waals surface area contributed by atoms with E-state index in [4.69, 9.17) is 10.2 Å². The smallest absolute Gasteiger partial charge is 0.325 e. The summed E-state index contributed by atoms with van der Waals surface area (Å²) in [6.45, 7) is 1.79. The van der Waals surface area contributed by atoms with Gasteiger partial charge < -0.3 is 20.8 Å². The summed E-state index contributed by atoms with van der Waals surface area (Å²) in [7, 11) is 0. The first-order valence-electron chi connectivity index (χ1n) is 5.47. The molecule has 102 valence electrons. The van der Waals surface area contributed by atoms with Gasteiger partial charge >= 0.3 is 6.03 Å². The van der Waals surface area contributed by atoms with Crippen LogP contribution in [-0.2, 0) is 9.59 Å². The van der Waals surface area contributed by atoms with E-state index in [9.17, 15) is 14.4 Å². The van der Waals surface area contributed by atoms with E-state index in [1.165, 1.54) is 13.8 Å². The highest BCUT2D eigenvalue weighted by molar-refractivity contribution is 6.08. The first kappa shape index (κ1) is 14.4. The molecule has 1 saturated heterocycles. The van der Waals surface area contributed by atoms with Gasteiger partial charge in [-0.15, -0.1) is 0 Å². The molecule has 1 aliphatic rings. The summed E-state index contributed by atoms with van der Waals surface area (Å²) in [5.41, 5.74) is -1.02. The molecule has 1 aliphatic heterocycles. The molecular formula is C10H17N3O5. The van der Waals surface area contributed by atoms with E-state index in [1.54, 1.807) is 0 Å². The van der Waals surface area contributed by atoms with Gasteiger partial charge in [-0.1, -0.05) is 0 Å². The molecule has 0 aromatic rings. The van der Waals surface area contributed by atoms with Gasteiger partial charge in [0.05, 0.1) is 19.3 Å². The van der Waals surface area contributed by atoms with Gasteiger partial charge in [0.1, 0.15) is 12.1 Å². The normalized spacial score (nSPS) is 18.2. The number of aliphatic hydroxyl groups excluding tert-OH is 2. The van der Waals surface area contributed by atoms with Crippen LogP contribution < -0.4 is 10.6 Å². The van der Waals surface area contributed by atoms with Crippen molar-refractivity contribution < 1.29 is 24.6 Å². The average Bonchev–Trinajstić information content (AvgIpc) is 2.48. The van der Waals surface area contributed by atoms with Crippen LogP contribution in [0.1, 0.15) is 13.8 Å². The largest absolute Gasteiger partial charge is 0.394 e. The first-order valence-corrected chi connectivity index (χ1v) is 5.47. The van der Waals surface area contributed by atoms with E-state index in [1.807, 2.05) is 0 Å². The topological polar surface area (TPSA) is 119 Å². The van der Waals surface area contributed by atoms with Crippen LogP contribution in [0.25, 0.3) is 0 Å². The minimum Gasteiger partial charge on any atom is -0.394 e. The number of carbonyl (C=O) groups is 3. The van der Waals surface area contributed by atoms with Gasteiger partial charge in [0.2, 0.25) is 5.91 Å². The number of urea groups is 1. The minimum absolute atomic E-state index is 0.423. The van der Waals surface area contributed by atoms with Crippen molar-refractivity contribution in [3.05, 3.63) is 0 Å². The van der Waals surface area contributed by atoms with Gasteiger partial charge in [-0.3, -0.25) is 14.5 Å². The molecule has 18 heavy (non-hydrogen) atoms. The summed E-state index contributed by atoms with van der Waals surface area (Å²) >= 11 is 0. The summed E-state index contributed by atoms with van der Waals surface area (Å²) in [6, 6.07) is -1.43. The lowest BCUT2D eigenvalue weighted by molar-refractivity contribution is -0.134. The molecular weight excluding hydrogens is 242 g/mol. The van der Waals surface area contributed by atoms with Crippen molar-refractivity contribution in [3.8, 4) is 0 Å². The zero-order valence-corrected chi connectivity index (χ0v) is 10.3. The number of amides is 4. The number of hydrogen-bond donors (Lipinski definition) is 4. The van der Waals surface area contributed by atoms with Gasteiger partial charge in [-0.25, -0.2) is 4.79 Å². The highest BCUT2D eigenvalue weighted by atomic mass is 16.3. The minimum atomic E-state index is -1.02. The first-order chi connectivity index (χ1) is 8.31. The summed E-state index contributed by atoms with van der Waals surface area (Å²) in [5.74, 6) is -1.11. The van der Waals surface area contributed by atoms with E-state index in [-0.39, 0.29) is 0 Å². The summed E-state index contributed by atoms with van der Waals surface area (Å²) in [6.07, 6.45) is 0. The molecule has 1 rings (SSSR count). The van der Waals surface area contributed by atoms with E-state index >= 15 is 0 Å². The second-order valence-corrected chi connectivity index (χ2v) is 4.58. The zero-order valence-electron chi connectivity index (χ0n) is 10.3. The van der Waals surface area contributed by atoms with Crippen molar-refractivity contribution in [3.63, 3.8) is 0 Å². The zero-order chi connectivity index (χ0) is 13.9. The predicted octanol–water partition coefficient (Wildman–Crippen LogP) is -2.21. The maximum Gasteiger partial charge on any atom is 0.325 e. The number of hydrogen-bond acceptors (Lipinski definition) is 5. The molecule has 0 saturated carbocycles. The van der Waals surface area contributed by atoms with Gasteiger partial charge in [-0.05, 0) is 13.8 Å². The van der Waals surface area contributed by atoms with Gasteiger partial charge in [0.15, 0.2) is 0 Å². The van der Waals surface area contributed by atoms with E-state index in [0.717, 1.165) is 4.90 Å². The Morgan fingerprint density at radius 1 is 1.39 bits per heavy atom. The third-order valence-corrected chi connectivity index (χ3v) is 2.55. The fourth-order valence-electron chi connectivity index (χ4n) is 1.53. The summed E-state index contributed by atoms with van der Waals surface area (Å²) in [5, 5.41) is 22.3. The molecule has 0 aromatic carbocycles. The van der Waals surface area contributed by atoms with Crippen molar-refractivity contribution >= 4 is 17.8 Å². The van der Waals surface area contributed by atoms with Crippen molar-refractivity contribution in [2.75, 3.05) is 19.8 Å². The number of carbonyl (C=O) groups excluding carboxylic acids is 3. The van der Waals surface area contributed by atoms with Gasteiger partial charge in [0, 0.05) is 0 Å². The quantitative estimate of drug-likeness (QED) is 0.417. The Morgan fingerprint density at radius 2 is 1.94 bits per heavy atom. The number of rotatable bonds is 5. The lowest BCUT2D eigenvalue weighted by Crippen LogP contribution is -2.47. The molecule has 4 N–H and O–H groups in total. The third kappa shape index (κ3) is 2.96. The van der Waals surface area contributed by atoms with E-state index in [0.29, 0.717) is 0 Å². The molecule has 8 nitrogen and oxygen atoms in total. The second kappa shape index (κ2) is 5.32. The summed E-state index contributed by atoms with van der Waals surface area (Å²) in [4.78, 5) is 35.6. The number of nitrogens with one attached hydrogen (secondary N) is 2. The number of aliphatic hydroxyl groups is 2. The Kier molecular flexibility index (Phi) is 4.25. The highest BCUT2D eigenvalue weighted by Gasteiger charge is 2.44. The maximum absolute atomic E-state index is 11.8. The van der Waals surface area contributed by atoms with Crippen molar-refractivity contribution in [1.29, 1.82) is 0 Å². The standard InChI is InChI=1S/C10H17N3O5/c1-10(2)8(17)13(9(18)12-10)3-7(16)11-6(4-14)5-15/h6,14-15H,3-5H2,1-2H3,(H,11,16)(H,12,18). The molecule has 0 aromatic heterocycles. The Balaban J connectivity index is 2.60. The number of imide groups is 1. The summed E-state index contributed by atoms with van der Waals surface area (Å²) < 4.78 is 0. The van der Waals surface area contributed by atoms with Crippen LogP contribution in [0.4, 0.5) is 4.79 Å². The molecule has 0 atom stereocenters. The fourth-order valence-corrected chi connectivity index (χ4v) is 1.53. The highest BCUT2D eigenvalue weighted by Crippen LogP contribution is 2.15. The molecule has 0 unspecified atom stereocenters. The van der Waals surface area contributed by atoms with Crippen LogP contribution in [-0.4, -0.2) is 64.3 Å². The van der Waals surface area contributed by atoms with Gasteiger partial charge in [-0.2, -0.15) is 0 Å². The van der Waals surface area contributed by atoms with Crippen molar-refractivity contribution in [2.45, 2.75) is 25.4 Å². The van der Waals surface area contributed by atoms with Crippen molar-refractivity contribution in [1.82, 2.24) is 15.5 Å². The van der Waals surface area contributed by atoms with Crippen LogP contribution in [0.3, 0.4) is 0 Å². The second-order valence-electron chi connectivity index (χ2n) is 4.58. The lowest BCUT2D eigenvalue weighted by atomic mass is 10.1. The van der Waals surface area contributed by atoms with Crippen LogP contribution in [0, 0.1) is 0 Å². The fraction of sp³-hybridized carbons (Fsp3) is 0.700. The Hall–Kier alpha value is -1.67. The molecule has 4 amide bonds. The number of nitrogens with zero attached hydrogens (tertiary/aromatic N) is 1. The molecule has 8 heteroatoms. The van der Waals surface area contributed by atoms with E-state index in [2.05, 4.69) is 10.6 Å². The predicted molar refractivity (Wildman–Crippen MR) is 60.4 cm³/mol. The van der Waals surface area contributed by atoms with Crippen molar-refractivity contribution in [2.24, 2.45) is 0 Å². The van der Waals surface area contributed by atoms with Crippen LogP contribution in [0.15, 0.2) is 0 Å². The molecule has 0 spiro atoms. The molecule has 1 fully saturated rings. The maximum atomic E-state index is 11.8. The molecule has 0 bridgehead atoms. The Morgan fingerprint density at radius 3 is 2.33 bits per heavy atom. The van der Waals surface area contributed by atoms with Gasteiger partial charge in [0.25, 0.3) is 5.91 Å². The lowest BCUT2D eigenvalue weighted by Gasteiger charge is -2.17. The van der Waals surface area contributed by atoms with Crippen LogP contribution >= 0.6 is 0 Å². The molecule has 0 aliphatic carbocycles. The van der Waals surface area contributed by atoms with Crippen LogP contribution in [0.5, 0.6) is 0 Å². The van der Waals surface area contributed by atoms with Crippen LogP contribution in [0.2, 0.25) is 0 Å². The average molecular weight is 259 g/mol. The molecule has 1 heterocycles.